The molecule has 0 unspecified atom stereocenters. The molecule has 0 atom stereocenters. The molecule has 1 heterocycles. The first-order valence-corrected chi connectivity index (χ1v) is 11.1. The number of anilines is 2. The van der Waals surface area contributed by atoms with E-state index in [-0.39, 0.29) is 17.6 Å². The summed E-state index contributed by atoms with van der Waals surface area (Å²) in [6, 6.07) is 23.5. The molecule has 2 N–H and O–H groups in total. The molecule has 0 saturated heterocycles. The predicted octanol–water partition coefficient (Wildman–Crippen LogP) is 4.26. The van der Waals surface area contributed by atoms with E-state index in [0.29, 0.717) is 27.8 Å². The molecule has 9 heteroatoms. The Labute approximate surface area is 195 Å². The lowest BCUT2D eigenvalue weighted by atomic mass is 10.1. The largest absolute Gasteiger partial charge is 0.495 e. The Morgan fingerprint density at radius 2 is 1.67 bits per heavy atom. The second-order valence-corrected chi connectivity index (χ2v) is 7.80. The molecule has 0 aliphatic rings. The summed E-state index contributed by atoms with van der Waals surface area (Å²) in [6.45, 7) is 0. The summed E-state index contributed by atoms with van der Waals surface area (Å²) in [7, 11) is 1.59. The molecule has 0 saturated carbocycles. The Kier molecular flexibility index (Phi) is 7.01. The third-order valence-electron chi connectivity index (χ3n) is 4.67. The highest BCUT2D eigenvalue weighted by molar-refractivity contribution is 7.99. The summed E-state index contributed by atoms with van der Waals surface area (Å²) in [4.78, 5) is 25.4. The first-order chi connectivity index (χ1) is 16.2. The van der Waals surface area contributed by atoms with Crippen LogP contribution in [-0.4, -0.2) is 39.4 Å². The maximum Gasteiger partial charge on any atom is 0.257 e. The van der Waals surface area contributed by atoms with Gasteiger partial charge in [-0.2, -0.15) is 0 Å². The minimum atomic E-state index is -0.305. The molecule has 8 nitrogen and oxygen atoms in total. The zero-order valence-corrected chi connectivity index (χ0v) is 18.6. The number of nitrogens with one attached hydrogen (secondary N) is 2. The molecule has 2 amide bonds. The normalized spacial score (nSPS) is 10.5. The quantitative estimate of drug-likeness (QED) is 0.382. The number of rotatable bonds is 8. The third kappa shape index (κ3) is 5.39. The number of para-hydroxylation sites is 4. The van der Waals surface area contributed by atoms with Crippen LogP contribution in [-0.2, 0) is 4.79 Å². The van der Waals surface area contributed by atoms with Crippen molar-refractivity contribution in [2.24, 2.45) is 0 Å². The van der Waals surface area contributed by atoms with Crippen LogP contribution in [0.1, 0.15) is 10.4 Å². The van der Waals surface area contributed by atoms with Gasteiger partial charge in [-0.3, -0.25) is 14.2 Å². The van der Waals surface area contributed by atoms with Crippen molar-refractivity contribution in [3.8, 4) is 11.4 Å². The monoisotopic (exact) mass is 459 g/mol. The Bertz CT molecular complexity index is 1260. The van der Waals surface area contributed by atoms with E-state index in [2.05, 4.69) is 20.8 Å². The average Bonchev–Trinajstić information content (AvgIpc) is 3.32. The van der Waals surface area contributed by atoms with Crippen LogP contribution >= 0.6 is 11.8 Å². The molecule has 33 heavy (non-hydrogen) atoms. The number of nitrogens with zero attached hydrogens (tertiary/aromatic N) is 3. The topological polar surface area (TPSA) is 98.1 Å². The highest BCUT2D eigenvalue weighted by atomic mass is 32.2. The molecule has 0 aliphatic carbocycles. The summed E-state index contributed by atoms with van der Waals surface area (Å²) < 4.78 is 7.17. The summed E-state index contributed by atoms with van der Waals surface area (Å²) in [5.41, 5.74) is 2.25. The number of carbonyl (C=O) groups excluding carboxylic acids is 2. The number of methoxy groups -OCH3 is 1. The van der Waals surface area contributed by atoms with Gasteiger partial charge in [0.1, 0.15) is 12.1 Å². The zero-order chi connectivity index (χ0) is 23.0. The molecule has 3 aromatic carbocycles. The minimum absolute atomic E-state index is 0.0858. The average molecular weight is 460 g/mol. The Morgan fingerprint density at radius 3 is 2.48 bits per heavy atom. The number of carbonyl (C=O) groups is 2. The van der Waals surface area contributed by atoms with Gasteiger partial charge in [-0.15, -0.1) is 10.2 Å². The van der Waals surface area contributed by atoms with Gasteiger partial charge in [0.2, 0.25) is 5.91 Å². The number of amides is 2. The Hall–Kier alpha value is -4.11. The van der Waals surface area contributed by atoms with Crippen LogP contribution in [0.25, 0.3) is 5.69 Å². The molecule has 0 bridgehead atoms. The van der Waals surface area contributed by atoms with Crippen LogP contribution < -0.4 is 15.4 Å². The van der Waals surface area contributed by atoms with Gasteiger partial charge in [0.25, 0.3) is 5.91 Å². The van der Waals surface area contributed by atoms with E-state index in [4.69, 9.17) is 4.74 Å². The van der Waals surface area contributed by atoms with E-state index in [0.717, 1.165) is 5.69 Å². The molecule has 0 fully saturated rings. The molecule has 166 valence electrons. The van der Waals surface area contributed by atoms with Crippen molar-refractivity contribution in [2.75, 3.05) is 23.5 Å². The molecular weight excluding hydrogens is 438 g/mol. The summed E-state index contributed by atoms with van der Waals surface area (Å²) in [5.74, 6) is 0.180. The molecule has 0 radical (unpaired) electrons. The van der Waals surface area contributed by atoms with E-state index in [1.54, 1.807) is 54.4 Å². The smallest absolute Gasteiger partial charge is 0.257 e. The standard InChI is InChI=1S/C24H21N5O3S/c1-32-21-14-8-7-13-20(21)29-16-25-28-24(29)33-15-22(30)27-19-12-6-5-11-18(19)23(31)26-17-9-3-2-4-10-17/h2-14,16H,15H2,1H3,(H,26,31)(H,27,30). The molecular formula is C24H21N5O3S. The number of thioether (sulfide) groups is 1. The van der Waals surface area contributed by atoms with E-state index in [1.165, 1.54) is 11.8 Å². The second-order valence-electron chi connectivity index (χ2n) is 6.86. The fourth-order valence-electron chi connectivity index (χ4n) is 3.14. The SMILES string of the molecule is COc1ccccc1-n1cnnc1SCC(=O)Nc1ccccc1C(=O)Nc1ccccc1. The molecule has 0 aliphatic heterocycles. The highest BCUT2D eigenvalue weighted by Gasteiger charge is 2.16. The lowest BCUT2D eigenvalue weighted by Crippen LogP contribution is -2.19. The van der Waals surface area contributed by atoms with Gasteiger partial charge in [-0.05, 0) is 36.4 Å². The Morgan fingerprint density at radius 1 is 0.939 bits per heavy atom. The second kappa shape index (κ2) is 10.5. The van der Waals surface area contributed by atoms with Crippen molar-refractivity contribution >= 4 is 35.0 Å². The van der Waals surface area contributed by atoms with Crippen molar-refractivity contribution in [1.29, 1.82) is 0 Å². The van der Waals surface area contributed by atoms with Crippen molar-refractivity contribution in [3.05, 3.63) is 90.8 Å². The number of hydrogen-bond acceptors (Lipinski definition) is 6. The molecule has 1 aromatic heterocycles. The third-order valence-corrected chi connectivity index (χ3v) is 5.61. The lowest BCUT2D eigenvalue weighted by Gasteiger charge is -2.12. The number of hydrogen-bond donors (Lipinski definition) is 2. The highest BCUT2D eigenvalue weighted by Crippen LogP contribution is 2.27. The summed E-state index contributed by atoms with van der Waals surface area (Å²) in [6.07, 6.45) is 1.57. The minimum Gasteiger partial charge on any atom is -0.495 e. The molecule has 4 aromatic rings. The van der Waals surface area contributed by atoms with Crippen molar-refractivity contribution < 1.29 is 14.3 Å². The van der Waals surface area contributed by atoms with Gasteiger partial charge < -0.3 is 15.4 Å². The van der Waals surface area contributed by atoms with Gasteiger partial charge in [0, 0.05) is 5.69 Å². The molecule has 0 spiro atoms. The number of aromatic nitrogens is 3. The van der Waals surface area contributed by atoms with E-state index in [9.17, 15) is 9.59 Å². The van der Waals surface area contributed by atoms with E-state index < -0.39 is 0 Å². The first-order valence-electron chi connectivity index (χ1n) is 10.1. The van der Waals surface area contributed by atoms with Crippen molar-refractivity contribution in [3.63, 3.8) is 0 Å². The first kappa shape index (κ1) is 22.1. The van der Waals surface area contributed by atoms with Crippen molar-refractivity contribution in [1.82, 2.24) is 14.8 Å². The Balaban J connectivity index is 1.43. The van der Waals surface area contributed by atoms with E-state index in [1.807, 2.05) is 42.5 Å². The predicted molar refractivity (Wildman–Crippen MR) is 128 cm³/mol. The van der Waals surface area contributed by atoms with Crippen LogP contribution in [0.3, 0.4) is 0 Å². The van der Waals surface area contributed by atoms with Crippen LogP contribution in [0.2, 0.25) is 0 Å². The summed E-state index contributed by atoms with van der Waals surface area (Å²) in [5, 5.41) is 14.3. The maximum absolute atomic E-state index is 12.7. The van der Waals surface area contributed by atoms with E-state index >= 15 is 0 Å². The summed E-state index contributed by atoms with van der Waals surface area (Å²) >= 11 is 1.23. The van der Waals surface area contributed by atoms with Gasteiger partial charge in [0.05, 0.1) is 29.8 Å². The van der Waals surface area contributed by atoms with Gasteiger partial charge in [0.15, 0.2) is 5.16 Å². The van der Waals surface area contributed by atoms with Gasteiger partial charge in [-0.1, -0.05) is 54.2 Å². The lowest BCUT2D eigenvalue weighted by molar-refractivity contribution is -0.113. The van der Waals surface area contributed by atoms with Crippen LogP contribution in [0.5, 0.6) is 5.75 Å². The van der Waals surface area contributed by atoms with Crippen LogP contribution in [0.15, 0.2) is 90.3 Å². The number of benzene rings is 3. The maximum atomic E-state index is 12.7. The molecule has 4 rings (SSSR count). The van der Waals surface area contributed by atoms with Gasteiger partial charge in [-0.25, -0.2) is 0 Å². The number of ether oxygens (including phenoxy) is 1. The fraction of sp³-hybridized carbons (Fsp3) is 0.0833. The van der Waals surface area contributed by atoms with Crippen molar-refractivity contribution in [2.45, 2.75) is 5.16 Å². The fourth-order valence-corrected chi connectivity index (χ4v) is 3.87. The van der Waals surface area contributed by atoms with Crippen LogP contribution in [0.4, 0.5) is 11.4 Å². The van der Waals surface area contributed by atoms with Gasteiger partial charge >= 0.3 is 0 Å². The zero-order valence-electron chi connectivity index (χ0n) is 17.8. The van der Waals surface area contributed by atoms with Crippen LogP contribution in [0, 0.1) is 0 Å².